The fourth-order valence-electron chi connectivity index (χ4n) is 3.02. The lowest BCUT2D eigenvalue weighted by Crippen LogP contribution is -2.40. The first-order chi connectivity index (χ1) is 12.3. The molecule has 0 unspecified atom stereocenters. The lowest BCUT2D eigenvalue weighted by Gasteiger charge is -2.24. The molecule has 2 aromatic rings. The molecule has 26 heavy (non-hydrogen) atoms. The van der Waals surface area contributed by atoms with Crippen molar-refractivity contribution in [3.8, 4) is 0 Å². The van der Waals surface area contributed by atoms with E-state index < -0.39 is 5.41 Å². The van der Waals surface area contributed by atoms with Crippen molar-refractivity contribution in [3.63, 3.8) is 0 Å². The Morgan fingerprint density at radius 2 is 1.81 bits per heavy atom. The van der Waals surface area contributed by atoms with Crippen LogP contribution in [0.2, 0.25) is 0 Å². The predicted molar refractivity (Wildman–Crippen MR) is 102 cm³/mol. The van der Waals surface area contributed by atoms with Gasteiger partial charge in [0.1, 0.15) is 5.41 Å². The number of carbonyl (C=O) groups is 2. The summed E-state index contributed by atoms with van der Waals surface area (Å²) in [5.74, 6) is -0.440. The maximum absolute atomic E-state index is 12.8. The van der Waals surface area contributed by atoms with Crippen molar-refractivity contribution in [3.05, 3.63) is 59.9 Å². The van der Waals surface area contributed by atoms with E-state index in [2.05, 4.69) is 36.4 Å². The Kier molecular flexibility index (Phi) is 4.81. The van der Waals surface area contributed by atoms with Gasteiger partial charge in [-0.25, -0.2) is 0 Å². The lowest BCUT2D eigenvalue weighted by molar-refractivity contribution is -0.134. The molecule has 0 saturated heterocycles. The van der Waals surface area contributed by atoms with Crippen LogP contribution in [0.3, 0.4) is 0 Å². The normalized spacial score (nSPS) is 15.2. The molecule has 1 heterocycles. The first kappa shape index (κ1) is 18.1. The van der Waals surface area contributed by atoms with Crippen LogP contribution >= 0.6 is 0 Å². The molecule has 1 saturated carbocycles. The number of rotatable bonds is 5. The number of benzene rings is 1. The van der Waals surface area contributed by atoms with Crippen molar-refractivity contribution >= 4 is 17.5 Å². The van der Waals surface area contributed by atoms with Gasteiger partial charge in [-0.2, -0.15) is 0 Å². The molecule has 3 rings (SSSR count). The fourth-order valence-corrected chi connectivity index (χ4v) is 3.02. The minimum atomic E-state index is -0.951. The summed E-state index contributed by atoms with van der Waals surface area (Å²) in [5.41, 5.74) is 1.70. The number of anilines is 1. The molecule has 5 nitrogen and oxygen atoms in total. The number of nitrogens with one attached hydrogen (secondary N) is 2. The van der Waals surface area contributed by atoms with E-state index in [9.17, 15) is 9.59 Å². The van der Waals surface area contributed by atoms with Crippen LogP contribution in [0, 0.1) is 5.41 Å². The molecule has 1 aromatic carbocycles. The van der Waals surface area contributed by atoms with Gasteiger partial charge in [0.2, 0.25) is 11.8 Å². The van der Waals surface area contributed by atoms with Crippen molar-refractivity contribution in [2.45, 2.75) is 45.6 Å². The minimum Gasteiger partial charge on any atom is -0.351 e. The molecule has 5 heteroatoms. The van der Waals surface area contributed by atoms with E-state index in [1.165, 1.54) is 0 Å². The minimum absolute atomic E-state index is 0.0941. The zero-order valence-electron chi connectivity index (χ0n) is 15.5. The first-order valence-electron chi connectivity index (χ1n) is 8.91. The number of carbonyl (C=O) groups excluding carboxylic acids is 2. The quantitative estimate of drug-likeness (QED) is 0.811. The third-order valence-electron chi connectivity index (χ3n) is 4.78. The summed E-state index contributed by atoms with van der Waals surface area (Å²) >= 11 is 0. The maximum Gasteiger partial charge on any atom is 0.240 e. The van der Waals surface area contributed by atoms with Gasteiger partial charge in [-0.1, -0.05) is 45.0 Å². The average Bonchev–Trinajstić information content (AvgIpc) is 3.42. The van der Waals surface area contributed by atoms with Gasteiger partial charge in [0.05, 0.1) is 0 Å². The SMILES string of the molecule is CC(C)(C)c1ccccc1NC(=O)C1(C(=O)NCc2cccnc2)CC1. The van der Waals surface area contributed by atoms with Crippen LogP contribution in [-0.4, -0.2) is 16.8 Å². The van der Waals surface area contributed by atoms with Crippen LogP contribution < -0.4 is 10.6 Å². The van der Waals surface area contributed by atoms with Crippen LogP contribution in [-0.2, 0) is 21.5 Å². The van der Waals surface area contributed by atoms with Gasteiger partial charge >= 0.3 is 0 Å². The van der Waals surface area contributed by atoms with E-state index in [0.717, 1.165) is 16.8 Å². The van der Waals surface area contributed by atoms with Crippen molar-refractivity contribution in [1.82, 2.24) is 10.3 Å². The number of para-hydroxylation sites is 1. The molecule has 0 atom stereocenters. The molecule has 1 fully saturated rings. The van der Waals surface area contributed by atoms with E-state index in [1.54, 1.807) is 12.4 Å². The number of hydrogen-bond donors (Lipinski definition) is 2. The molecular weight excluding hydrogens is 326 g/mol. The van der Waals surface area contributed by atoms with E-state index in [4.69, 9.17) is 0 Å². The predicted octanol–water partition coefficient (Wildman–Crippen LogP) is 3.41. The van der Waals surface area contributed by atoms with Gasteiger partial charge in [-0.05, 0) is 41.5 Å². The van der Waals surface area contributed by atoms with E-state index in [0.29, 0.717) is 19.4 Å². The Hall–Kier alpha value is -2.69. The highest BCUT2D eigenvalue weighted by Gasteiger charge is 2.56. The summed E-state index contributed by atoms with van der Waals surface area (Å²) in [6.45, 7) is 6.68. The highest BCUT2D eigenvalue weighted by Crippen LogP contribution is 2.47. The molecule has 2 N–H and O–H groups in total. The monoisotopic (exact) mass is 351 g/mol. The zero-order chi connectivity index (χ0) is 18.8. The van der Waals surface area contributed by atoms with Crippen molar-refractivity contribution in [2.75, 3.05) is 5.32 Å². The van der Waals surface area contributed by atoms with E-state index in [1.807, 2.05) is 36.4 Å². The molecular formula is C21H25N3O2. The number of hydrogen-bond acceptors (Lipinski definition) is 3. The maximum atomic E-state index is 12.8. The molecule has 0 spiro atoms. The second kappa shape index (κ2) is 6.90. The van der Waals surface area contributed by atoms with Crippen molar-refractivity contribution in [2.24, 2.45) is 5.41 Å². The molecule has 0 bridgehead atoms. The Morgan fingerprint density at radius 3 is 2.42 bits per heavy atom. The summed E-state index contributed by atoms with van der Waals surface area (Å²) in [4.78, 5) is 29.5. The molecule has 1 aliphatic carbocycles. The number of pyridine rings is 1. The van der Waals surface area contributed by atoms with Crippen LogP contribution in [0.5, 0.6) is 0 Å². The van der Waals surface area contributed by atoms with Gasteiger partial charge in [0.25, 0.3) is 0 Å². The summed E-state index contributed by atoms with van der Waals surface area (Å²) in [5, 5.41) is 5.86. The Balaban J connectivity index is 1.69. The second-order valence-electron chi connectivity index (χ2n) is 7.88. The number of nitrogens with zero attached hydrogens (tertiary/aromatic N) is 1. The standard InChI is InChI=1S/C21H25N3O2/c1-20(2,3)16-8-4-5-9-17(16)24-19(26)21(10-11-21)18(25)23-14-15-7-6-12-22-13-15/h4-9,12-13H,10-11,14H2,1-3H3,(H,23,25)(H,24,26). The molecule has 2 amide bonds. The van der Waals surface area contributed by atoms with E-state index >= 15 is 0 Å². The smallest absolute Gasteiger partial charge is 0.240 e. The van der Waals surface area contributed by atoms with Gasteiger partial charge in [-0.15, -0.1) is 0 Å². The average molecular weight is 351 g/mol. The highest BCUT2D eigenvalue weighted by molar-refractivity contribution is 6.13. The third kappa shape index (κ3) is 3.77. The Morgan fingerprint density at radius 1 is 1.08 bits per heavy atom. The first-order valence-corrected chi connectivity index (χ1v) is 8.91. The van der Waals surface area contributed by atoms with Gasteiger partial charge in [-0.3, -0.25) is 14.6 Å². The Bertz CT molecular complexity index is 806. The molecule has 0 aliphatic heterocycles. The van der Waals surface area contributed by atoms with E-state index in [-0.39, 0.29) is 17.2 Å². The van der Waals surface area contributed by atoms with Gasteiger partial charge in [0, 0.05) is 24.6 Å². The largest absolute Gasteiger partial charge is 0.351 e. The molecule has 1 aliphatic rings. The van der Waals surface area contributed by atoms with Gasteiger partial charge in [0.15, 0.2) is 0 Å². The third-order valence-corrected chi connectivity index (χ3v) is 4.78. The topological polar surface area (TPSA) is 71.1 Å². The molecule has 1 aromatic heterocycles. The lowest BCUT2D eigenvalue weighted by atomic mass is 9.85. The summed E-state index contributed by atoms with van der Waals surface area (Å²) in [6.07, 6.45) is 4.55. The molecule has 0 radical (unpaired) electrons. The second-order valence-corrected chi connectivity index (χ2v) is 7.88. The Labute approximate surface area is 154 Å². The zero-order valence-corrected chi connectivity index (χ0v) is 15.5. The highest BCUT2D eigenvalue weighted by atomic mass is 16.2. The fraction of sp³-hybridized carbons (Fsp3) is 0.381. The van der Waals surface area contributed by atoms with Crippen LogP contribution in [0.15, 0.2) is 48.8 Å². The van der Waals surface area contributed by atoms with Crippen molar-refractivity contribution < 1.29 is 9.59 Å². The summed E-state index contributed by atoms with van der Waals surface area (Å²) in [6, 6.07) is 11.5. The summed E-state index contributed by atoms with van der Waals surface area (Å²) < 4.78 is 0. The summed E-state index contributed by atoms with van der Waals surface area (Å²) in [7, 11) is 0. The van der Waals surface area contributed by atoms with Gasteiger partial charge < -0.3 is 10.6 Å². The number of aromatic nitrogens is 1. The molecule has 136 valence electrons. The van der Waals surface area contributed by atoms with Crippen LogP contribution in [0.4, 0.5) is 5.69 Å². The van der Waals surface area contributed by atoms with Crippen molar-refractivity contribution in [1.29, 1.82) is 0 Å². The van der Waals surface area contributed by atoms with Crippen LogP contribution in [0.1, 0.15) is 44.7 Å². The van der Waals surface area contributed by atoms with Crippen LogP contribution in [0.25, 0.3) is 0 Å². The number of amides is 2.